The van der Waals surface area contributed by atoms with E-state index in [-0.39, 0.29) is 36.6 Å². The lowest BCUT2D eigenvalue weighted by Gasteiger charge is -2.33. The number of methoxy groups -OCH3 is 1. The van der Waals surface area contributed by atoms with Crippen molar-refractivity contribution in [1.82, 2.24) is 31.5 Å². The third-order valence-electron chi connectivity index (χ3n) is 8.83. The van der Waals surface area contributed by atoms with E-state index in [0.717, 1.165) is 0 Å². The van der Waals surface area contributed by atoms with Crippen LogP contribution in [0.1, 0.15) is 87.0 Å². The van der Waals surface area contributed by atoms with Gasteiger partial charge in [0, 0.05) is 13.5 Å². The van der Waals surface area contributed by atoms with Gasteiger partial charge in [-0.1, -0.05) is 48.0 Å². The first-order valence-corrected chi connectivity index (χ1v) is 17.7. The maximum atomic E-state index is 13.6. The Kier molecular flexibility index (Phi) is 19.7. The molecule has 1 heterocycles. The van der Waals surface area contributed by atoms with Crippen molar-refractivity contribution in [3.63, 3.8) is 0 Å². The quantitative estimate of drug-likeness (QED) is 0.0592. The lowest BCUT2D eigenvalue weighted by atomic mass is 9.97. The molecule has 1 aliphatic rings. The smallest absolute Gasteiger partial charge is 0.328 e. The molecule has 1 aliphatic heterocycles. The standard InChI is InChI=1S/C34H61N7O10/c1-9-20(6)29(34(50)51-8)40-33(49)26-11-10-12-41(26)16-27(44)22(13-18(2)3)37-31(47)24(15-28(35)45)39-30(46)23(14-19(4)5)38-32(48)25(17-42)36-21(7)43/h18-20,22-27,29,42,44H,9-17H2,1-8H3,(H2,35,45)(H,36,43)(H,37,47)(H,38,48)(H,39,46)(H,40,49)/t20-,22-,23-,24-,25-,26-,27?,29-/m0/s1. The number of nitrogens with zero attached hydrogens (tertiary/aromatic N) is 1. The second-order valence-corrected chi connectivity index (χ2v) is 14.2. The molecule has 0 spiro atoms. The van der Waals surface area contributed by atoms with E-state index in [2.05, 4.69) is 26.6 Å². The minimum atomic E-state index is -1.46. The van der Waals surface area contributed by atoms with E-state index in [9.17, 15) is 43.8 Å². The zero-order valence-electron chi connectivity index (χ0n) is 31.3. The van der Waals surface area contributed by atoms with Gasteiger partial charge in [-0.05, 0) is 50.0 Å². The zero-order chi connectivity index (χ0) is 39.0. The molecule has 51 heavy (non-hydrogen) atoms. The number of likely N-dealkylation sites (tertiary alicyclic amines) is 1. The summed E-state index contributed by atoms with van der Waals surface area (Å²) in [5.41, 5.74) is 5.43. The molecule has 9 N–H and O–H groups in total. The molecule has 1 saturated heterocycles. The molecule has 6 amide bonds. The number of nitrogens with one attached hydrogen (secondary N) is 5. The van der Waals surface area contributed by atoms with Gasteiger partial charge in [0.25, 0.3) is 0 Å². The summed E-state index contributed by atoms with van der Waals surface area (Å²) in [6.45, 7) is 12.1. The summed E-state index contributed by atoms with van der Waals surface area (Å²) >= 11 is 0. The summed E-state index contributed by atoms with van der Waals surface area (Å²) < 4.78 is 4.89. The average molecular weight is 728 g/mol. The number of β-amino-alcohol motifs (C(OH)–C–C–N with tert-alkyl or cyclic N) is 1. The van der Waals surface area contributed by atoms with Gasteiger partial charge in [0.15, 0.2) is 0 Å². The number of carbonyl (C=O) groups excluding carboxylic acids is 7. The molecule has 1 unspecified atom stereocenters. The number of amides is 6. The summed E-state index contributed by atoms with van der Waals surface area (Å²) in [5.74, 6) is -5.06. The fourth-order valence-corrected chi connectivity index (χ4v) is 5.96. The highest BCUT2D eigenvalue weighted by molar-refractivity contribution is 5.95. The van der Waals surface area contributed by atoms with E-state index in [1.54, 1.807) is 18.7 Å². The van der Waals surface area contributed by atoms with Crippen LogP contribution in [0.4, 0.5) is 0 Å². The molecular formula is C34H61N7O10. The van der Waals surface area contributed by atoms with Crippen LogP contribution in [0.2, 0.25) is 0 Å². The van der Waals surface area contributed by atoms with E-state index < -0.39 is 90.9 Å². The number of rotatable bonds is 22. The van der Waals surface area contributed by atoms with Gasteiger partial charge >= 0.3 is 5.97 Å². The summed E-state index contributed by atoms with van der Waals surface area (Å²) in [5, 5.41) is 33.8. The van der Waals surface area contributed by atoms with Crippen molar-refractivity contribution in [2.45, 2.75) is 129 Å². The van der Waals surface area contributed by atoms with E-state index >= 15 is 0 Å². The van der Waals surface area contributed by atoms with Gasteiger partial charge in [-0.3, -0.25) is 33.7 Å². The molecule has 0 bridgehead atoms. The van der Waals surface area contributed by atoms with Crippen LogP contribution in [-0.2, 0) is 38.3 Å². The van der Waals surface area contributed by atoms with Gasteiger partial charge in [0.05, 0.1) is 38.3 Å². The van der Waals surface area contributed by atoms with Crippen LogP contribution in [0, 0.1) is 17.8 Å². The maximum Gasteiger partial charge on any atom is 0.328 e. The minimum absolute atomic E-state index is 0.00290. The number of primary amides is 1. The molecule has 0 aromatic rings. The fourth-order valence-electron chi connectivity index (χ4n) is 5.96. The molecule has 1 fully saturated rings. The summed E-state index contributed by atoms with van der Waals surface area (Å²) in [6, 6.07) is -6.29. The molecule has 8 atom stereocenters. The number of esters is 1. The second kappa shape index (κ2) is 22.2. The number of nitrogens with two attached hydrogens (primary N) is 1. The number of aliphatic hydroxyl groups excluding tert-OH is 2. The van der Waals surface area contributed by atoms with Gasteiger partial charge in [0.1, 0.15) is 24.2 Å². The lowest BCUT2D eigenvalue weighted by molar-refractivity contribution is -0.147. The van der Waals surface area contributed by atoms with Crippen LogP contribution < -0.4 is 32.3 Å². The molecule has 0 aromatic heterocycles. The van der Waals surface area contributed by atoms with Crippen LogP contribution >= 0.6 is 0 Å². The van der Waals surface area contributed by atoms with Crippen molar-refractivity contribution in [2.24, 2.45) is 23.5 Å². The van der Waals surface area contributed by atoms with Gasteiger partial charge in [-0.15, -0.1) is 0 Å². The van der Waals surface area contributed by atoms with Crippen molar-refractivity contribution in [2.75, 3.05) is 26.8 Å². The predicted molar refractivity (Wildman–Crippen MR) is 187 cm³/mol. The largest absolute Gasteiger partial charge is 0.467 e. The Bertz CT molecular complexity index is 1200. The van der Waals surface area contributed by atoms with Gasteiger partial charge < -0.3 is 47.3 Å². The molecule has 0 aliphatic carbocycles. The lowest BCUT2D eigenvalue weighted by Crippen LogP contribution is -2.59. The molecule has 17 nitrogen and oxygen atoms in total. The third-order valence-corrected chi connectivity index (χ3v) is 8.83. The first-order valence-electron chi connectivity index (χ1n) is 17.7. The minimum Gasteiger partial charge on any atom is -0.467 e. The Labute approximate surface area is 300 Å². The van der Waals surface area contributed by atoms with Crippen LogP contribution in [0.5, 0.6) is 0 Å². The summed E-state index contributed by atoms with van der Waals surface area (Å²) in [7, 11) is 1.26. The highest BCUT2D eigenvalue weighted by atomic mass is 16.5. The number of carbonyl (C=O) groups is 7. The number of ether oxygens (including phenoxy) is 1. The summed E-state index contributed by atoms with van der Waals surface area (Å²) in [6.07, 6.45) is 0.487. The Balaban J connectivity index is 3.17. The highest BCUT2D eigenvalue weighted by Gasteiger charge is 2.38. The number of hydrogen-bond donors (Lipinski definition) is 8. The fraction of sp³-hybridized carbons (Fsp3) is 0.794. The van der Waals surface area contributed by atoms with Crippen molar-refractivity contribution in [1.29, 1.82) is 0 Å². The van der Waals surface area contributed by atoms with E-state index in [0.29, 0.717) is 32.2 Å². The molecule has 0 radical (unpaired) electrons. The van der Waals surface area contributed by atoms with Crippen molar-refractivity contribution in [3.05, 3.63) is 0 Å². The topological polar surface area (TPSA) is 259 Å². The van der Waals surface area contributed by atoms with Crippen LogP contribution in [0.15, 0.2) is 0 Å². The number of hydrogen-bond acceptors (Lipinski definition) is 11. The van der Waals surface area contributed by atoms with Crippen molar-refractivity contribution in [3.8, 4) is 0 Å². The zero-order valence-corrected chi connectivity index (χ0v) is 31.3. The van der Waals surface area contributed by atoms with Gasteiger partial charge in [-0.25, -0.2) is 4.79 Å². The first-order chi connectivity index (χ1) is 23.8. The molecule has 292 valence electrons. The molecule has 1 rings (SSSR count). The van der Waals surface area contributed by atoms with Crippen molar-refractivity contribution >= 4 is 41.4 Å². The van der Waals surface area contributed by atoms with Crippen molar-refractivity contribution < 1.29 is 48.5 Å². The van der Waals surface area contributed by atoms with E-state index in [1.807, 2.05) is 27.7 Å². The maximum absolute atomic E-state index is 13.6. The Morgan fingerprint density at radius 1 is 0.843 bits per heavy atom. The van der Waals surface area contributed by atoms with E-state index in [4.69, 9.17) is 10.5 Å². The molecule has 0 aromatic carbocycles. The van der Waals surface area contributed by atoms with Gasteiger partial charge in [-0.2, -0.15) is 0 Å². The van der Waals surface area contributed by atoms with Gasteiger partial charge in [0.2, 0.25) is 35.4 Å². The van der Waals surface area contributed by atoms with Crippen LogP contribution in [0.3, 0.4) is 0 Å². The highest BCUT2D eigenvalue weighted by Crippen LogP contribution is 2.21. The third kappa shape index (κ3) is 15.5. The predicted octanol–water partition coefficient (Wildman–Crippen LogP) is -1.57. The molecular weight excluding hydrogens is 666 g/mol. The second-order valence-electron chi connectivity index (χ2n) is 14.2. The Hall–Kier alpha value is -3.83. The average Bonchev–Trinajstić information content (AvgIpc) is 3.51. The Morgan fingerprint density at radius 2 is 1.41 bits per heavy atom. The monoisotopic (exact) mass is 727 g/mol. The Morgan fingerprint density at radius 3 is 1.92 bits per heavy atom. The number of aliphatic hydroxyl groups is 2. The summed E-state index contributed by atoms with van der Waals surface area (Å²) in [4.78, 5) is 90.9. The normalized spacial score (nSPS) is 18.8. The first kappa shape index (κ1) is 45.2. The van der Waals surface area contributed by atoms with E-state index in [1.165, 1.54) is 14.0 Å². The molecule has 0 saturated carbocycles. The van der Waals surface area contributed by atoms with Crippen LogP contribution in [-0.4, -0.2) is 126 Å². The molecule has 17 heteroatoms. The van der Waals surface area contributed by atoms with Crippen LogP contribution in [0.25, 0.3) is 0 Å². The SMILES string of the molecule is CC[C@H](C)[C@H](NC(=O)[C@@H]1CCCN1CC(O)[C@H](CC(C)C)NC(=O)[C@H](CC(N)=O)NC(=O)[C@H](CC(C)C)NC(=O)[C@H](CO)NC(C)=O)C(=O)OC.